The number of hydrogen-bond acceptors (Lipinski definition) is 7. The summed E-state index contributed by atoms with van der Waals surface area (Å²) in [6.45, 7) is 10.9. The van der Waals surface area contributed by atoms with Gasteiger partial charge >= 0.3 is 6.03 Å². The van der Waals surface area contributed by atoms with Crippen molar-refractivity contribution in [3.05, 3.63) is 0 Å². The number of Topliss-reactive ketones (excluding diaryl/α,β-unsaturated/α-hetero) is 1. The molecule has 5 aliphatic rings. The lowest BCUT2D eigenvalue weighted by Gasteiger charge is -2.41. The van der Waals surface area contributed by atoms with Gasteiger partial charge in [-0.1, -0.05) is 65.7 Å². The Morgan fingerprint density at radius 2 is 1.52 bits per heavy atom. The lowest BCUT2D eigenvalue weighted by molar-refractivity contribution is -0.144. The average Bonchev–Trinajstić information content (AvgIpc) is 3.93. The van der Waals surface area contributed by atoms with Crippen molar-refractivity contribution in [1.82, 2.24) is 26.2 Å². The van der Waals surface area contributed by atoms with Crippen LogP contribution >= 0.6 is 0 Å². The van der Waals surface area contributed by atoms with E-state index in [4.69, 9.17) is 0 Å². The lowest BCUT2D eigenvalue weighted by Crippen LogP contribution is -2.64. The van der Waals surface area contributed by atoms with Gasteiger partial charge in [-0.3, -0.25) is 19.2 Å². The molecule has 0 aromatic heterocycles. The van der Waals surface area contributed by atoms with Crippen LogP contribution in [-0.2, 0) is 29.0 Å². The van der Waals surface area contributed by atoms with Crippen molar-refractivity contribution in [3.63, 3.8) is 0 Å². The first-order valence-electron chi connectivity index (χ1n) is 19.1. The van der Waals surface area contributed by atoms with E-state index in [1.54, 1.807) is 25.7 Å². The number of carbonyl (C=O) groups is 5. The summed E-state index contributed by atoms with van der Waals surface area (Å²) < 4.78 is 25.7. The first-order valence-corrected chi connectivity index (χ1v) is 20.7. The number of urea groups is 1. The molecule has 5 atom stereocenters. The molecule has 5 amide bonds. The summed E-state index contributed by atoms with van der Waals surface area (Å²) in [5.41, 5.74) is -1.68. The lowest BCUT2D eigenvalue weighted by atomic mass is 9.73. The summed E-state index contributed by atoms with van der Waals surface area (Å²) in [5, 5.41) is 11.6. The van der Waals surface area contributed by atoms with Crippen LogP contribution in [0.4, 0.5) is 4.79 Å². The van der Waals surface area contributed by atoms with E-state index in [1.807, 2.05) is 20.8 Å². The summed E-state index contributed by atoms with van der Waals surface area (Å²) in [4.78, 5) is 70.0. The van der Waals surface area contributed by atoms with Crippen LogP contribution in [-0.4, -0.2) is 89.6 Å². The maximum atomic E-state index is 14.5. The summed E-state index contributed by atoms with van der Waals surface area (Å²) in [6.07, 6.45) is 11.3. The highest BCUT2D eigenvalue weighted by Crippen LogP contribution is 2.46. The molecule has 5 rings (SSSR count). The van der Waals surface area contributed by atoms with Crippen molar-refractivity contribution in [3.8, 4) is 0 Å². The fourth-order valence-corrected chi connectivity index (χ4v) is 9.44. The van der Waals surface area contributed by atoms with Gasteiger partial charge in [-0.2, -0.15) is 0 Å². The van der Waals surface area contributed by atoms with E-state index in [0.29, 0.717) is 31.7 Å². The fourth-order valence-electron chi connectivity index (χ4n) is 7.92. The quantitative estimate of drug-likeness (QED) is 0.198. The number of nitrogens with zero attached hydrogens (tertiary/aromatic N) is 1. The van der Waals surface area contributed by atoms with Crippen LogP contribution in [0.1, 0.15) is 131 Å². The molecule has 0 bridgehead atoms. The van der Waals surface area contributed by atoms with E-state index >= 15 is 0 Å². The van der Waals surface area contributed by atoms with Crippen molar-refractivity contribution >= 4 is 39.4 Å². The molecule has 13 heteroatoms. The zero-order valence-corrected chi connectivity index (χ0v) is 31.9. The number of nitrogens with one attached hydrogen (secondary N) is 4. The molecular weight excluding hydrogens is 659 g/mol. The Balaban J connectivity index is 1.31. The van der Waals surface area contributed by atoms with Crippen molar-refractivity contribution in [1.29, 1.82) is 0 Å². The largest absolute Gasteiger partial charge is 0.347 e. The average molecular weight is 720 g/mol. The SMILES string of the molecule is CC(C)(C)[C@H](NC(=O)NC1(CS(=O)(=O)C(C)(C)C)CCCCC1)C(=O)N1C[C@@H]2CC[C@@H]2[C@H]1C(=O)N[C@H](CCCC1CC1)C(=O)C(=O)NC1CC1. The Labute approximate surface area is 298 Å². The molecule has 4 saturated carbocycles. The number of rotatable bonds is 14. The molecule has 1 heterocycles. The molecule has 4 aliphatic carbocycles. The third kappa shape index (κ3) is 9.20. The van der Waals surface area contributed by atoms with Crippen molar-refractivity contribution in [2.24, 2.45) is 23.2 Å². The zero-order chi connectivity index (χ0) is 36.6. The number of ketones is 1. The second-order valence-corrected chi connectivity index (χ2v) is 20.8. The summed E-state index contributed by atoms with van der Waals surface area (Å²) >= 11 is 0. The Morgan fingerprint density at radius 3 is 2.06 bits per heavy atom. The van der Waals surface area contributed by atoms with Crippen molar-refractivity contribution in [2.45, 2.75) is 166 Å². The second kappa shape index (κ2) is 14.7. The summed E-state index contributed by atoms with van der Waals surface area (Å²) in [7, 11) is -3.55. The van der Waals surface area contributed by atoms with Crippen LogP contribution in [0.15, 0.2) is 0 Å². The maximum Gasteiger partial charge on any atom is 0.315 e. The predicted molar refractivity (Wildman–Crippen MR) is 191 cm³/mol. The monoisotopic (exact) mass is 719 g/mol. The fraction of sp³-hybridized carbons (Fsp3) is 0.865. The number of likely N-dealkylation sites (tertiary alicyclic amines) is 1. The van der Waals surface area contributed by atoms with Gasteiger partial charge in [0.1, 0.15) is 12.1 Å². The van der Waals surface area contributed by atoms with Crippen LogP contribution in [0.25, 0.3) is 0 Å². The van der Waals surface area contributed by atoms with Gasteiger partial charge < -0.3 is 26.2 Å². The molecule has 4 N–H and O–H groups in total. The minimum absolute atomic E-state index is 0.0165. The number of amides is 5. The van der Waals surface area contributed by atoms with Crippen LogP contribution in [0.3, 0.4) is 0 Å². The highest BCUT2D eigenvalue weighted by molar-refractivity contribution is 7.92. The van der Waals surface area contributed by atoms with E-state index in [0.717, 1.165) is 57.8 Å². The normalized spacial score (nSPS) is 26.1. The Hall–Kier alpha value is -2.70. The summed E-state index contributed by atoms with van der Waals surface area (Å²) in [5.74, 6) is -1.58. The minimum Gasteiger partial charge on any atom is -0.347 e. The molecule has 0 radical (unpaired) electrons. The summed E-state index contributed by atoms with van der Waals surface area (Å²) in [6, 6.07) is -3.37. The Morgan fingerprint density at radius 1 is 0.860 bits per heavy atom. The van der Waals surface area contributed by atoms with E-state index in [2.05, 4.69) is 21.3 Å². The first kappa shape index (κ1) is 38.5. The van der Waals surface area contributed by atoms with Crippen LogP contribution in [0.5, 0.6) is 0 Å². The van der Waals surface area contributed by atoms with Crippen LogP contribution < -0.4 is 21.3 Å². The molecular formula is C37H61N5O7S. The number of sulfone groups is 1. The molecule has 0 spiro atoms. The third-order valence-corrected chi connectivity index (χ3v) is 14.5. The van der Waals surface area contributed by atoms with E-state index < -0.39 is 67.3 Å². The smallest absolute Gasteiger partial charge is 0.315 e. The molecule has 0 aromatic rings. The van der Waals surface area contributed by atoms with E-state index in [9.17, 15) is 32.4 Å². The first-order chi connectivity index (χ1) is 23.3. The second-order valence-electron chi connectivity index (χ2n) is 18.1. The van der Waals surface area contributed by atoms with Gasteiger partial charge in [-0.15, -0.1) is 0 Å². The van der Waals surface area contributed by atoms with Crippen LogP contribution in [0.2, 0.25) is 0 Å². The molecule has 1 aliphatic heterocycles. The van der Waals surface area contributed by atoms with Gasteiger partial charge in [0.2, 0.25) is 17.6 Å². The van der Waals surface area contributed by atoms with Crippen LogP contribution in [0, 0.1) is 23.2 Å². The van der Waals surface area contributed by atoms with Crippen molar-refractivity contribution in [2.75, 3.05) is 12.3 Å². The molecule has 1 saturated heterocycles. The number of hydrogen-bond donors (Lipinski definition) is 4. The van der Waals surface area contributed by atoms with Gasteiger partial charge in [0.15, 0.2) is 9.84 Å². The Kier molecular flexibility index (Phi) is 11.4. The molecule has 5 fully saturated rings. The topological polar surface area (TPSA) is 171 Å². The van der Waals surface area contributed by atoms with Gasteiger partial charge in [0.25, 0.3) is 5.91 Å². The van der Waals surface area contributed by atoms with Gasteiger partial charge in [-0.05, 0) is 88.9 Å². The standard InChI is InChI=1S/C37H61N5O7S/c1-35(2,3)30(40-34(47)41-37(19-8-7-9-20-37)22-50(48,49)36(4,5)6)33(46)42-21-24-15-18-26(24)28(42)31(44)39-27(12-10-11-23-13-14-23)29(43)32(45)38-25-16-17-25/h23-28,30H,7-22H2,1-6H3,(H,38,45)(H,39,44)(H2,40,41,47)/t24-,26-,27+,28-,30+/m0/s1. The molecule has 282 valence electrons. The van der Waals surface area contributed by atoms with E-state index in [-0.39, 0.29) is 29.5 Å². The zero-order valence-electron chi connectivity index (χ0n) is 31.1. The van der Waals surface area contributed by atoms with E-state index in [1.165, 1.54) is 12.8 Å². The minimum atomic E-state index is -3.55. The number of carbonyl (C=O) groups excluding carboxylic acids is 5. The van der Waals surface area contributed by atoms with Crippen molar-refractivity contribution < 1.29 is 32.4 Å². The highest BCUT2D eigenvalue weighted by Gasteiger charge is 2.54. The predicted octanol–water partition coefficient (Wildman–Crippen LogP) is 3.77. The van der Waals surface area contributed by atoms with Gasteiger partial charge in [-0.25, -0.2) is 13.2 Å². The highest BCUT2D eigenvalue weighted by atomic mass is 32.2. The van der Waals surface area contributed by atoms with Gasteiger partial charge in [0, 0.05) is 12.6 Å². The molecule has 12 nitrogen and oxygen atoms in total. The third-order valence-electron chi connectivity index (χ3n) is 11.7. The maximum absolute atomic E-state index is 14.5. The number of fused-ring (bicyclic) bond motifs is 1. The van der Waals surface area contributed by atoms with Gasteiger partial charge in [0.05, 0.1) is 22.1 Å². The molecule has 0 aromatic carbocycles. The molecule has 50 heavy (non-hydrogen) atoms. The Bertz CT molecular complexity index is 1420. The molecule has 0 unspecified atom stereocenters.